The van der Waals surface area contributed by atoms with Crippen molar-refractivity contribution in [2.24, 2.45) is 0 Å². The Labute approximate surface area is 143 Å². The smallest absolute Gasteiger partial charge is 0.226 e. The van der Waals surface area contributed by atoms with E-state index in [0.29, 0.717) is 15.8 Å². The van der Waals surface area contributed by atoms with Crippen LogP contribution in [0.15, 0.2) is 24.3 Å². The SMILES string of the molecule is CCCc1nnc(NC(=O)CCC(=O)Nc2cccc(Cl)c2)s1. The molecule has 0 bridgehead atoms. The molecule has 0 aliphatic carbocycles. The number of rotatable bonds is 7. The van der Waals surface area contributed by atoms with E-state index in [-0.39, 0.29) is 24.7 Å². The maximum absolute atomic E-state index is 11.8. The monoisotopic (exact) mass is 352 g/mol. The van der Waals surface area contributed by atoms with Crippen LogP contribution < -0.4 is 10.6 Å². The number of amides is 2. The third-order valence-electron chi connectivity index (χ3n) is 2.86. The standard InChI is InChI=1S/C15H17ClN4O2S/c1-2-4-14-19-20-15(23-14)18-13(22)8-7-12(21)17-11-6-3-5-10(16)9-11/h3,5-6,9H,2,4,7-8H2,1H3,(H,17,21)(H,18,20,22). The molecular formula is C15H17ClN4O2S. The van der Waals surface area contributed by atoms with Crippen LogP contribution in [0.25, 0.3) is 0 Å². The van der Waals surface area contributed by atoms with E-state index in [2.05, 4.69) is 27.8 Å². The van der Waals surface area contributed by atoms with Gasteiger partial charge >= 0.3 is 0 Å². The van der Waals surface area contributed by atoms with Gasteiger partial charge < -0.3 is 10.6 Å². The largest absolute Gasteiger partial charge is 0.326 e. The first-order valence-electron chi connectivity index (χ1n) is 7.24. The lowest BCUT2D eigenvalue weighted by molar-refractivity contribution is -0.121. The van der Waals surface area contributed by atoms with Crippen molar-refractivity contribution >= 4 is 45.6 Å². The average molecular weight is 353 g/mol. The molecule has 0 saturated heterocycles. The highest BCUT2D eigenvalue weighted by molar-refractivity contribution is 7.15. The average Bonchev–Trinajstić information content (AvgIpc) is 2.93. The number of anilines is 2. The Hall–Kier alpha value is -1.99. The van der Waals surface area contributed by atoms with Crippen molar-refractivity contribution in [1.29, 1.82) is 0 Å². The van der Waals surface area contributed by atoms with Crippen molar-refractivity contribution in [3.05, 3.63) is 34.3 Å². The van der Waals surface area contributed by atoms with E-state index in [1.165, 1.54) is 11.3 Å². The Bertz CT molecular complexity index is 690. The summed E-state index contributed by atoms with van der Waals surface area (Å²) in [5, 5.41) is 15.1. The minimum absolute atomic E-state index is 0.0785. The van der Waals surface area contributed by atoms with Crippen LogP contribution >= 0.6 is 22.9 Å². The van der Waals surface area contributed by atoms with E-state index >= 15 is 0 Å². The molecular weight excluding hydrogens is 336 g/mol. The zero-order valence-electron chi connectivity index (χ0n) is 12.6. The summed E-state index contributed by atoms with van der Waals surface area (Å²) in [6.45, 7) is 2.05. The number of hydrogen-bond donors (Lipinski definition) is 2. The highest BCUT2D eigenvalue weighted by atomic mass is 35.5. The molecule has 0 radical (unpaired) electrons. The van der Waals surface area contributed by atoms with Gasteiger partial charge in [0, 0.05) is 30.0 Å². The fourth-order valence-electron chi connectivity index (χ4n) is 1.82. The van der Waals surface area contributed by atoms with Crippen molar-refractivity contribution in [2.45, 2.75) is 32.6 Å². The van der Waals surface area contributed by atoms with Gasteiger partial charge in [-0.25, -0.2) is 0 Å². The topological polar surface area (TPSA) is 84.0 Å². The Morgan fingerprint density at radius 1 is 1.17 bits per heavy atom. The molecule has 0 aliphatic heterocycles. The summed E-state index contributed by atoms with van der Waals surface area (Å²) >= 11 is 7.20. The van der Waals surface area contributed by atoms with Gasteiger partial charge in [-0.1, -0.05) is 35.9 Å². The quantitative estimate of drug-likeness (QED) is 0.798. The van der Waals surface area contributed by atoms with Gasteiger partial charge in [0.2, 0.25) is 16.9 Å². The third-order valence-corrected chi connectivity index (χ3v) is 4.00. The number of nitrogens with one attached hydrogen (secondary N) is 2. The number of nitrogens with zero attached hydrogens (tertiary/aromatic N) is 2. The van der Waals surface area contributed by atoms with Gasteiger partial charge in [0.05, 0.1) is 0 Å². The first kappa shape index (κ1) is 17.4. The fourth-order valence-corrected chi connectivity index (χ4v) is 2.87. The first-order valence-corrected chi connectivity index (χ1v) is 8.44. The number of aryl methyl sites for hydroxylation is 1. The van der Waals surface area contributed by atoms with Crippen LogP contribution in [0.1, 0.15) is 31.2 Å². The van der Waals surface area contributed by atoms with E-state index in [9.17, 15) is 9.59 Å². The van der Waals surface area contributed by atoms with Gasteiger partial charge in [-0.2, -0.15) is 0 Å². The maximum atomic E-state index is 11.8. The Morgan fingerprint density at radius 2 is 1.91 bits per heavy atom. The number of benzene rings is 1. The minimum atomic E-state index is -0.259. The highest BCUT2D eigenvalue weighted by Gasteiger charge is 2.10. The Morgan fingerprint density at radius 3 is 2.61 bits per heavy atom. The van der Waals surface area contributed by atoms with Crippen LogP contribution in [0.2, 0.25) is 5.02 Å². The molecule has 0 unspecified atom stereocenters. The van der Waals surface area contributed by atoms with Crippen molar-refractivity contribution in [2.75, 3.05) is 10.6 Å². The highest BCUT2D eigenvalue weighted by Crippen LogP contribution is 2.17. The zero-order chi connectivity index (χ0) is 16.7. The molecule has 1 heterocycles. The lowest BCUT2D eigenvalue weighted by atomic mass is 10.2. The van der Waals surface area contributed by atoms with Crippen molar-refractivity contribution in [1.82, 2.24) is 10.2 Å². The first-order chi connectivity index (χ1) is 11.1. The van der Waals surface area contributed by atoms with E-state index in [1.807, 2.05) is 0 Å². The summed E-state index contributed by atoms with van der Waals surface area (Å²) in [5.41, 5.74) is 0.608. The molecule has 2 amide bonds. The number of carbonyl (C=O) groups is 2. The van der Waals surface area contributed by atoms with Crippen LogP contribution in [0.3, 0.4) is 0 Å². The Balaban J connectivity index is 1.76. The molecule has 1 aromatic carbocycles. The molecule has 0 aliphatic rings. The third kappa shape index (κ3) is 5.96. The summed E-state index contributed by atoms with van der Waals surface area (Å²) in [5.74, 6) is -0.503. The fraction of sp³-hybridized carbons (Fsp3) is 0.333. The molecule has 23 heavy (non-hydrogen) atoms. The number of halogens is 1. The summed E-state index contributed by atoms with van der Waals surface area (Å²) in [6, 6.07) is 6.85. The lowest BCUT2D eigenvalue weighted by Gasteiger charge is -2.05. The second-order valence-electron chi connectivity index (χ2n) is 4.86. The van der Waals surface area contributed by atoms with Crippen molar-refractivity contribution in [3.63, 3.8) is 0 Å². The zero-order valence-corrected chi connectivity index (χ0v) is 14.2. The van der Waals surface area contributed by atoms with Gasteiger partial charge in [-0.3, -0.25) is 9.59 Å². The predicted octanol–water partition coefficient (Wildman–Crippen LogP) is 3.50. The number of carbonyl (C=O) groups excluding carboxylic acids is 2. The molecule has 2 rings (SSSR count). The van der Waals surface area contributed by atoms with Gasteiger partial charge in [0.15, 0.2) is 0 Å². The normalized spacial score (nSPS) is 10.3. The molecule has 0 fully saturated rings. The summed E-state index contributed by atoms with van der Waals surface area (Å²) in [4.78, 5) is 23.6. The van der Waals surface area contributed by atoms with E-state index in [0.717, 1.165) is 17.8 Å². The van der Waals surface area contributed by atoms with Gasteiger partial charge in [0.25, 0.3) is 0 Å². The summed E-state index contributed by atoms with van der Waals surface area (Å²) in [7, 11) is 0. The van der Waals surface area contributed by atoms with Crippen LogP contribution in [-0.2, 0) is 16.0 Å². The van der Waals surface area contributed by atoms with E-state index in [1.54, 1.807) is 24.3 Å². The second-order valence-corrected chi connectivity index (χ2v) is 6.36. The van der Waals surface area contributed by atoms with Gasteiger partial charge in [-0.15, -0.1) is 10.2 Å². The van der Waals surface area contributed by atoms with Crippen LogP contribution in [0.5, 0.6) is 0 Å². The second kappa shape index (κ2) is 8.59. The van der Waals surface area contributed by atoms with Gasteiger partial charge in [0.1, 0.15) is 5.01 Å². The van der Waals surface area contributed by atoms with Crippen LogP contribution in [-0.4, -0.2) is 22.0 Å². The van der Waals surface area contributed by atoms with E-state index in [4.69, 9.17) is 11.6 Å². The van der Waals surface area contributed by atoms with Crippen molar-refractivity contribution in [3.8, 4) is 0 Å². The van der Waals surface area contributed by atoms with Crippen LogP contribution in [0, 0.1) is 0 Å². The number of aromatic nitrogens is 2. The van der Waals surface area contributed by atoms with Crippen LogP contribution in [0.4, 0.5) is 10.8 Å². The molecule has 2 aromatic rings. The maximum Gasteiger partial charge on any atom is 0.226 e. The Kier molecular flexibility index (Phi) is 6.49. The summed E-state index contributed by atoms with van der Waals surface area (Å²) < 4.78 is 0. The molecule has 1 aromatic heterocycles. The summed E-state index contributed by atoms with van der Waals surface area (Å²) in [6.07, 6.45) is 1.98. The molecule has 0 spiro atoms. The molecule has 0 saturated carbocycles. The van der Waals surface area contributed by atoms with Gasteiger partial charge in [-0.05, 0) is 24.6 Å². The van der Waals surface area contributed by atoms with E-state index < -0.39 is 0 Å². The van der Waals surface area contributed by atoms with Crippen molar-refractivity contribution < 1.29 is 9.59 Å². The predicted molar refractivity (Wildman–Crippen MR) is 91.8 cm³/mol. The molecule has 6 nitrogen and oxygen atoms in total. The molecule has 2 N–H and O–H groups in total. The lowest BCUT2D eigenvalue weighted by Crippen LogP contribution is -2.17. The minimum Gasteiger partial charge on any atom is -0.326 e. The molecule has 122 valence electrons. The molecule has 0 atom stereocenters. The number of hydrogen-bond acceptors (Lipinski definition) is 5. The molecule has 8 heteroatoms.